The fourth-order valence-corrected chi connectivity index (χ4v) is 1.24. The summed E-state index contributed by atoms with van der Waals surface area (Å²) < 4.78 is 0. The molecular formula is C8H11N3O2. The molecule has 1 unspecified atom stereocenters. The van der Waals surface area contributed by atoms with Crippen LogP contribution in [0.2, 0.25) is 0 Å². The van der Waals surface area contributed by atoms with E-state index < -0.39 is 12.0 Å². The summed E-state index contributed by atoms with van der Waals surface area (Å²) in [7, 11) is 0. The molecule has 0 saturated heterocycles. The Morgan fingerprint density at radius 3 is 3.00 bits per heavy atom. The van der Waals surface area contributed by atoms with Gasteiger partial charge >= 0.3 is 5.97 Å². The number of nitrogens with two attached hydrogens (primary N) is 1. The van der Waals surface area contributed by atoms with Gasteiger partial charge in [-0.05, 0) is 18.9 Å². The summed E-state index contributed by atoms with van der Waals surface area (Å²) in [6.07, 6.45) is 2.31. The molecular weight excluding hydrogens is 170 g/mol. The number of aromatic amines is 1. The van der Waals surface area contributed by atoms with E-state index >= 15 is 0 Å². The highest BCUT2D eigenvalue weighted by molar-refractivity contribution is 5.74. The Hall–Kier alpha value is -1.36. The van der Waals surface area contributed by atoms with Gasteiger partial charge in [0.2, 0.25) is 0 Å². The number of carbonyl (C=O) groups is 1. The summed E-state index contributed by atoms with van der Waals surface area (Å²) in [6.45, 7) is 0. The lowest BCUT2D eigenvalue weighted by Crippen LogP contribution is -2.20. The van der Waals surface area contributed by atoms with Gasteiger partial charge in [-0.15, -0.1) is 0 Å². The van der Waals surface area contributed by atoms with Gasteiger partial charge in [-0.1, -0.05) is 0 Å². The molecule has 70 valence electrons. The molecule has 1 fully saturated rings. The Bertz CT molecular complexity index is 330. The number of carboxylic acid groups (broad SMARTS) is 1. The van der Waals surface area contributed by atoms with E-state index in [1.807, 2.05) is 0 Å². The standard InChI is InChI=1S/C8H11N3O2/c9-7(8(12)13)6-3-5(10-11-6)4-1-2-4/h3-4,7H,1-2,9H2,(H,10,11)(H,12,13). The highest BCUT2D eigenvalue weighted by Crippen LogP contribution is 2.39. The van der Waals surface area contributed by atoms with Crippen LogP contribution in [0.1, 0.15) is 36.2 Å². The molecule has 1 atom stereocenters. The van der Waals surface area contributed by atoms with Gasteiger partial charge in [0.1, 0.15) is 6.04 Å². The van der Waals surface area contributed by atoms with Crippen molar-refractivity contribution in [2.45, 2.75) is 24.8 Å². The van der Waals surface area contributed by atoms with Gasteiger partial charge in [0.05, 0.1) is 5.69 Å². The van der Waals surface area contributed by atoms with Crippen molar-refractivity contribution in [1.82, 2.24) is 10.2 Å². The third kappa shape index (κ3) is 1.55. The molecule has 1 saturated carbocycles. The molecule has 13 heavy (non-hydrogen) atoms. The molecule has 0 spiro atoms. The Morgan fingerprint density at radius 2 is 2.46 bits per heavy atom. The Kier molecular flexibility index (Phi) is 1.81. The predicted octanol–water partition coefficient (Wildman–Crippen LogP) is 0.371. The number of H-pyrrole nitrogens is 1. The van der Waals surface area contributed by atoms with E-state index in [4.69, 9.17) is 10.8 Å². The van der Waals surface area contributed by atoms with Crippen LogP contribution in [-0.2, 0) is 4.79 Å². The van der Waals surface area contributed by atoms with Crippen molar-refractivity contribution in [3.63, 3.8) is 0 Å². The van der Waals surface area contributed by atoms with Crippen LogP contribution >= 0.6 is 0 Å². The third-order valence-corrected chi connectivity index (χ3v) is 2.22. The first kappa shape index (κ1) is 8.25. The second kappa shape index (κ2) is 2.85. The topological polar surface area (TPSA) is 92.0 Å². The van der Waals surface area contributed by atoms with Crippen molar-refractivity contribution < 1.29 is 9.90 Å². The second-order valence-electron chi connectivity index (χ2n) is 3.34. The summed E-state index contributed by atoms with van der Waals surface area (Å²) in [6, 6.07) is 0.736. The molecule has 5 nitrogen and oxygen atoms in total. The zero-order valence-electron chi connectivity index (χ0n) is 7.03. The lowest BCUT2D eigenvalue weighted by Gasteiger charge is -1.99. The van der Waals surface area contributed by atoms with Crippen LogP contribution in [0.4, 0.5) is 0 Å². The first-order chi connectivity index (χ1) is 6.18. The Morgan fingerprint density at radius 1 is 1.77 bits per heavy atom. The molecule has 0 bridgehead atoms. The van der Waals surface area contributed by atoms with Gasteiger partial charge in [0.15, 0.2) is 0 Å². The van der Waals surface area contributed by atoms with E-state index in [0.29, 0.717) is 11.6 Å². The molecule has 1 aliphatic rings. The third-order valence-electron chi connectivity index (χ3n) is 2.22. The molecule has 1 aromatic rings. The van der Waals surface area contributed by atoms with Gasteiger partial charge in [-0.2, -0.15) is 5.10 Å². The zero-order valence-corrected chi connectivity index (χ0v) is 7.03. The van der Waals surface area contributed by atoms with Crippen molar-refractivity contribution in [2.75, 3.05) is 0 Å². The monoisotopic (exact) mass is 181 g/mol. The summed E-state index contributed by atoms with van der Waals surface area (Å²) in [5.41, 5.74) is 6.81. The van der Waals surface area contributed by atoms with Crippen LogP contribution in [0.5, 0.6) is 0 Å². The Balaban J connectivity index is 2.16. The summed E-state index contributed by atoms with van der Waals surface area (Å²) >= 11 is 0. The lowest BCUT2D eigenvalue weighted by atomic mass is 10.2. The second-order valence-corrected chi connectivity index (χ2v) is 3.34. The SMILES string of the molecule is NC(C(=O)O)c1cc(C2CC2)[nH]n1. The van der Waals surface area contributed by atoms with E-state index in [1.54, 1.807) is 6.07 Å². The average Bonchev–Trinajstić information content (AvgIpc) is 2.83. The molecule has 0 aromatic carbocycles. The van der Waals surface area contributed by atoms with E-state index in [2.05, 4.69) is 10.2 Å². The van der Waals surface area contributed by atoms with E-state index in [-0.39, 0.29) is 0 Å². The minimum atomic E-state index is -1.05. The van der Waals surface area contributed by atoms with Crippen LogP contribution in [-0.4, -0.2) is 21.3 Å². The van der Waals surface area contributed by atoms with Crippen molar-refractivity contribution >= 4 is 5.97 Å². The highest BCUT2D eigenvalue weighted by atomic mass is 16.4. The first-order valence-corrected chi connectivity index (χ1v) is 4.22. The van der Waals surface area contributed by atoms with Gasteiger partial charge in [0.25, 0.3) is 0 Å². The van der Waals surface area contributed by atoms with Crippen LogP contribution in [0, 0.1) is 0 Å². The minimum absolute atomic E-state index is 0.411. The number of carboxylic acids is 1. The maximum Gasteiger partial charge on any atom is 0.326 e. The summed E-state index contributed by atoms with van der Waals surface area (Å²) in [5, 5.41) is 15.3. The van der Waals surface area contributed by atoms with Gasteiger partial charge in [0, 0.05) is 11.6 Å². The molecule has 1 aliphatic carbocycles. The number of nitrogens with one attached hydrogen (secondary N) is 1. The number of aliphatic carboxylic acids is 1. The van der Waals surface area contributed by atoms with Crippen molar-refractivity contribution in [3.05, 3.63) is 17.5 Å². The van der Waals surface area contributed by atoms with Gasteiger partial charge in [-0.3, -0.25) is 9.89 Å². The first-order valence-electron chi connectivity index (χ1n) is 4.22. The minimum Gasteiger partial charge on any atom is -0.480 e. The van der Waals surface area contributed by atoms with Crippen LogP contribution < -0.4 is 5.73 Å². The molecule has 5 heteroatoms. The molecule has 0 aliphatic heterocycles. The van der Waals surface area contributed by atoms with E-state index in [1.165, 1.54) is 0 Å². The highest BCUT2D eigenvalue weighted by Gasteiger charge is 2.27. The molecule has 1 heterocycles. The Labute approximate surface area is 74.9 Å². The molecule has 1 aromatic heterocycles. The fourth-order valence-electron chi connectivity index (χ4n) is 1.24. The number of nitrogens with zero attached hydrogens (tertiary/aromatic N) is 1. The smallest absolute Gasteiger partial charge is 0.326 e. The number of aromatic nitrogens is 2. The van der Waals surface area contributed by atoms with Crippen LogP contribution in [0.3, 0.4) is 0 Å². The fraction of sp³-hybridized carbons (Fsp3) is 0.500. The number of hydrogen-bond donors (Lipinski definition) is 3. The molecule has 2 rings (SSSR count). The normalized spacial score (nSPS) is 18.5. The number of rotatable bonds is 3. The van der Waals surface area contributed by atoms with Crippen LogP contribution in [0.15, 0.2) is 6.07 Å². The maximum absolute atomic E-state index is 10.5. The van der Waals surface area contributed by atoms with Gasteiger partial charge < -0.3 is 10.8 Å². The predicted molar refractivity (Wildman–Crippen MR) is 45.1 cm³/mol. The van der Waals surface area contributed by atoms with Gasteiger partial charge in [-0.25, -0.2) is 0 Å². The molecule has 0 amide bonds. The van der Waals surface area contributed by atoms with Crippen LogP contribution in [0.25, 0.3) is 0 Å². The quantitative estimate of drug-likeness (QED) is 0.628. The lowest BCUT2D eigenvalue weighted by molar-refractivity contribution is -0.138. The zero-order chi connectivity index (χ0) is 9.42. The largest absolute Gasteiger partial charge is 0.480 e. The summed E-state index contributed by atoms with van der Waals surface area (Å²) in [4.78, 5) is 10.5. The molecule has 0 radical (unpaired) electrons. The summed E-state index contributed by atoms with van der Waals surface area (Å²) in [5.74, 6) is -0.504. The number of hydrogen-bond acceptors (Lipinski definition) is 3. The van der Waals surface area contributed by atoms with Crippen molar-refractivity contribution in [3.8, 4) is 0 Å². The average molecular weight is 181 g/mol. The molecule has 4 N–H and O–H groups in total. The van der Waals surface area contributed by atoms with E-state index in [9.17, 15) is 4.79 Å². The van der Waals surface area contributed by atoms with Crippen molar-refractivity contribution in [2.24, 2.45) is 5.73 Å². The van der Waals surface area contributed by atoms with Crippen molar-refractivity contribution in [1.29, 1.82) is 0 Å². The maximum atomic E-state index is 10.5. The van der Waals surface area contributed by atoms with E-state index in [0.717, 1.165) is 18.5 Å².